The Hall–Kier alpha value is -2.88. The predicted octanol–water partition coefficient (Wildman–Crippen LogP) is 3.46. The van der Waals surface area contributed by atoms with Crippen molar-refractivity contribution >= 4 is 28.2 Å². The molecule has 0 spiro atoms. The van der Waals surface area contributed by atoms with Gasteiger partial charge in [0.25, 0.3) is 5.91 Å². The van der Waals surface area contributed by atoms with Crippen LogP contribution in [0.1, 0.15) is 15.9 Å². The van der Waals surface area contributed by atoms with E-state index in [9.17, 15) is 4.79 Å². The van der Waals surface area contributed by atoms with Gasteiger partial charge in [-0.25, -0.2) is 0 Å². The van der Waals surface area contributed by atoms with Gasteiger partial charge in [-0.2, -0.15) is 0 Å². The summed E-state index contributed by atoms with van der Waals surface area (Å²) >= 11 is 0. The van der Waals surface area contributed by atoms with Crippen LogP contribution in [0.4, 0.5) is 11.4 Å². The fraction of sp³-hybridized carbons (Fsp3) is 0.158. The Morgan fingerprint density at radius 3 is 2.78 bits per heavy atom. The third kappa shape index (κ3) is 2.23. The van der Waals surface area contributed by atoms with Gasteiger partial charge in [-0.15, -0.1) is 0 Å². The highest BCUT2D eigenvalue weighted by Gasteiger charge is 2.29. The van der Waals surface area contributed by atoms with Crippen molar-refractivity contribution in [2.75, 3.05) is 23.9 Å². The molecule has 0 saturated heterocycles. The zero-order valence-electron chi connectivity index (χ0n) is 13.2. The molecule has 23 heavy (non-hydrogen) atoms. The molecule has 3 aromatic rings. The number of aromatic nitrogens is 1. The van der Waals surface area contributed by atoms with E-state index in [0.29, 0.717) is 6.54 Å². The molecule has 1 aromatic heterocycles. The first-order valence-electron chi connectivity index (χ1n) is 7.60. The molecule has 0 fully saturated rings. The highest BCUT2D eigenvalue weighted by Crippen LogP contribution is 2.31. The number of hydrogen-bond acceptors (Lipinski definition) is 3. The van der Waals surface area contributed by atoms with Gasteiger partial charge in [-0.1, -0.05) is 12.1 Å². The number of carbonyl (C=O) groups is 1. The Bertz CT molecular complexity index is 917. The lowest BCUT2D eigenvalue weighted by atomic mass is 10.1. The first-order chi connectivity index (χ1) is 11.1. The second-order valence-electron chi connectivity index (χ2n) is 6.01. The molecular formula is C19H17N3O. The van der Waals surface area contributed by atoms with Crippen molar-refractivity contribution in [3.8, 4) is 0 Å². The van der Waals surface area contributed by atoms with E-state index >= 15 is 0 Å². The van der Waals surface area contributed by atoms with Crippen molar-refractivity contribution in [1.29, 1.82) is 0 Å². The fourth-order valence-corrected chi connectivity index (χ4v) is 3.01. The third-order valence-electron chi connectivity index (χ3n) is 4.31. The fourth-order valence-electron chi connectivity index (χ4n) is 3.01. The summed E-state index contributed by atoms with van der Waals surface area (Å²) in [5.41, 5.74) is 4.77. The summed E-state index contributed by atoms with van der Waals surface area (Å²) in [5.74, 6) is 0.0620. The Labute approximate surface area is 135 Å². The number of carbonyl (C=O) groups excluding carboxylic acids is 1. The van der Waals surface area contributed by atoms with Gasteiger partial charge in [0.2, 0.25) is 0 Å². The van der Waals surface area contributed by atoms with Crippen LogP contribution in [0, 0.1) is 0 Å². The Morgan fingerprint density at radius 1 is 1.09 bits per heavy atom. The van der Waals surface area contributed by atoms with Crippen LogP contribution in [0.3, 0.4) is 0 Å². The van der Waals surface area contributed by atoms with E-state index in [1.165, 1.54) is 0 Å². The van der Waals surface area contributed by atoms with Gasteiger partial charge in [0.05, 0.1) is 12.1 Å². The number of hydrogen-bond donors (Lipinski definition) is 0. The highest BCUT2D eigenvalue weighted by molar-refractivity contribution is 6.11. The maximum atomic E-state index is 12.8. The van der Waals surface area contributed by atoms with Gasteiger partial charge >= 0.3 is 0 Å². The van der Waals surface area contributed by atoms with Crippen molar-refractivity contribution in [3.63, 3.8) is 0 Å². The zero-order valence-corrected chi connectivity index (χ0v) is 13.2. The second kappa shape index (κ2) is 5.09. The number of anilines is 2. The molecule has 2 heterocycles. The topological polar surface area (TPSA) is 36.4 Å². The Balaban J connectivity index is 1.74. The van der Waals surface area contributed by atoms with Crippen LogP contribution in [-0.2, 0) is 6.54 Å². The van der Waals surface area contributed by atoms with Crippen LogP contribution in [-0.4, -0.2) is 25.0 Å². The number of pyridine rings is 1. The van der Waals surface area contributed by atoms with E-state index in [4.69, 9.17) is 0 Å². The normalized spacial score (nSPS) is 13.5. The molecule has 1 amide bonds. The Morgan fingerprint density at radius 2 is 1.96 bits per heavy atom. The molecule has 4 heteroatoms. The molecule has 114 valence electrons. The average molecular weight is 303 g/mol. The summed E-state index contributed by atoms with van der Waals surface area (Å²) in [6.07, 6.45) is 1.78. The van der Waals surface area contributed by atoms with Crippen LogP contribution in [0.5, 0.6) is 0 Å². The number of amides is 1. The quantitative estimate of drug-likeness (QED) is 0.727. The lowest BCUT2D eigenvalue weighted by Crippen LogP contribution is -2.23. The summed E-state index contributed by atoms with van der Waals surface area (Å²) < 4.78 is 0. The first-order valence-corrected chi connectivity index (χ1v) is 7.60. The van der Waals surface area contributed by atoms with Crippen molar-refractivity contribution in [2.24, 2.45) is 0 Å². The summed E-state index contributed by atoms with van der Waals surface area (Å²) in [6.45, 7) is 0.619. The summed E-state index contributed by atoms with van der Waals surface area (Å²) in [7, 11) is 3.96. The molecule has 0 radical (unpaired) electrons. The minimum absolute atomic E-state index is 0.0620. The number of rotatable bonds is 2. The summed E-state index contributed by atoms with van der Waals surface area (Å²) in [5, 5.41) is 1.04. The minimum atomic E-state index is 0.0620. The number of nitrogens with zero attached hydrogens (tertiary/aromatic N) is 3. The van der Waals surface area contributed by atoms with Crippen LogP contribution >= 0.6 is 0 Å². The monoisotopic (exact) mass is 303 g/mol. The lowest BCUT2D eigenvalue weighted by molar-refractivity contribution is 0.0996. The van der Waals surface area contributed by atoms with E-state index < -0.39 is 0 Å². The standard InChI is InChI=1S/C19H17N3O/c1-21(2)15-6-5-14-12-22(19(23)17(14)11-15)16-7-8-18-13(10-16)4-3-9-20-18/h3-11H,12H2,1-2H3. The maximum Gasteiger partial charge on any atom is 0.259 e. The molecule has 0 N–H and O–H groups in total. The van der Waals surface area contributed by atoms with Gasteiger partial charge in [0.15, 0.2) is 0 Å². The van der Waals surface area contributed by atoms with Crippen molar-refractivity contribution < 1.29 is 4.79 Å². The van der Waals surface area contributed by atoms with Crippen LogP contribution in [0.15, 0.2) is 54.7 Å². The minimum Gasteiger partial charge on any atom is -0.378 e. The van der Waals surface area contributed by atoms with E-state index in [-0.39, 0.29) is 5.91 Å². The van der Waals surface area contributed by atoms with Crippen molar-refractivity contribution in [2.45, 2.75) is 6.54 Å². The lowest BCUT2D eigenvalue weighted by Gasteiger charge is -2.16. The molecule has 4 rings (SSSR count). The van der Waals surface area contributed by atoms with E-state index in [1.54, 1.807) is 6.20 Å². The maximum absolute atomic E-state index is 12.8. The molecule has 4 nitrogen and oxygen atoms in total. The molecule has 0 unspecified atom stereocenters. The molecular weight excluding hydrogens is 286 g/mol. The molecule has 2 aromatic carbocycles. The molecule has 0 saturated carbocycles. The van der Waals surface area contributed by atoms with E-state index in [2.05, 4.69) is 11.1 Å². The second-order valence-corrected chi connectivity index (χ2v) is 6.01. The van der Waals surface area contributed by atoms with E-state index in [1.807, 2.05) is 66.4 Å². The molecule has 0 atom stereocenters. The van der Waals surface area contributed by atoms with Crippen molar-refractivity contribution in [1.82, 2.24) is 4.98 Å². The van der Waals surface area contributed by atoms with Gasteiger partial charge in [0.1, 0.15) is 0 Å². The predicted molar refractivity (Wildman–Crippen MR) is 93.0 cm³/mol. The van der Waals surface area contributed by atoms with Crippen LogP contribution in [0.2, 0.25) is 0 Å². The van der Waals surface area contributed by atoms with Gasteiger partial charge in [0, 0.05) is 42.6 Å². The number of fused-ring (bicyclic) bond motifs is 2. The largest absolute Gasteiger partial charge is 0.378 e. The van der Waals surface area contributed by atoms with Gasteiger partial charge in [-0.05, 0) is 42.0 Å². The smallest absolute Gasteiger partial charge is 0.259 e. The van der Waals surface area contributed by atoms with Gasteiger partial charge in [-0.3, -0.25) is 9.78 Å². The first kappa shape index (κ1) is 13.8. The SMILES string of the molecule is CN(C)c1ccc2c(c1)C(=O)N(c1ccc3ncccc3c1)C2. The van der Waals surface area contributed by atoms with Gasteiger partial charge < -0.3 is 9.80 Å². The highest BCUT2D eigenvalue weighted by atomic mass is 16.2. The van der Waals surface area contributed by atoms with Crippen molar-refractivity contribution in [3.05, 3.63) is 65.9 Å². The van der Waals surface area contributed by atoms with Crippen LogP contribution < -0.4 is 9.80 Å². The molecule has 1 aliphatic rings. The molecule has 1 aliphatic heterocycles. The average Bonchev–Trinajstić information content (AvgIpc) is 2.91. The molecule has 0 bridgehead atoms. The summed E-state index contributed by atoms with van der Waals surface area (Å²) in [6, 6.07) is 16.0. The number of benzene rings is 2. The van der Waals surface area contributed by atoms with E-state index in [0.717, 1.165) is 33.4 Å². The van der Waals surface area contributed by atoms with Crippen LogP contribution in [0.25, 0.3) is 10.9 Å². The summed E-state index contributed by atoms with van der Waals surface area (Å²) in [4.78, 5) is 21.0. The molecule has 0 aliphatic carbocycles. The Kier molecular flexibility index (Phi) is 3.05. The third-order valence-corrected chi connectivity index (χ3v) is 4.31. The zero-order chi connectivity index (χ0) is 16.0.